The first-order chi connectivity index (χ1) is 9.16. The Balaban J connectivity index is 2.96. The first-order valence-electron chi connectivity index (χ1n) is 6.70. The quantitative estimate of drug-likeness (QED) is 0.793. The molecule has 0 heterocycles. The Morgan fingerprint density at radius 1 is 1.20 bits per heavy atom. The molecular weight excluding hydrogens is 279 g/mol. The lowest BCUT2D eigenvalue weighted by atomic mass is 9.86. The van der Waals surface area contributed by atoms with E-state index in [1.54, 1.807) is 0 Å². The highest BCUT2D eigenvalue weighted by Crippen LogP contribution is 2.23. The van der Waals surface area contributed by atoms with Crippen molar-refractivity contribution in [1.82, 2.24) is 4.72 Å². The number of rotatable bonds is 6. The maximum atomic E-state index is 13.7. The Labute approximate surface area is 120 Å². The van der Waals surface area contributed by atoms with Crippen LogP contribution < -0.4 is 10.5 Å². The van der Waals surface area contributed by atoms with Crippen LogP contribution in [-0.2, 0) is 10.0 Å². The van der Waals surface area contributed by atoms with Gasteiger partial charge >= 0.3 is 0 Å². The van der Waals surface area contributed by atoms with Crippen LogP contribution in [-0.4, -0.2) is 15.0 Å². The highest BCUT2D eigenvalue weighted by Gasteiger charge is 2.25. The van der Waals surface area contributed by atoms with Crippen molar-refractivity contribution in [2.75, 3.05) is 12.3 Å². The lowest BCUT2D eigenvalue weighted by Crippen LogP contribution is -2.34. The smallest absolute Gasteiger partial charge is 0.245 e. The number of nitrogens with one attached hydrogen (secondary N) is 1. The summed E-state index contributed by atoms with van der Waals surface area (Å²) in [5.74, 6) is 0.00671. The summed E-state index contributed by atoms with van der Waals surface area (Å²) in [6.07, 6.45) is 0. The molecule has 3 N–H and O–H groups in total. The van der Waals surface area contributed by atoms with E-state index in [2.05, 4.69) is 4.72 Å². The van der Waals surface area contributed by atoms with Crippen molar-refractivity contribution in [3.63, 3.8) is 0 Å². The van der Waals surface area contributed by atoms with Gasteiger partial charge in [0.05, 0.1) is 5.69 Å². The zero-order valence-electron chi connectivity index (χ0n) is 12.4. The molecule has 0 atom stereocenters. The molecule has 4 nitrogen and oxygen atoms in total. The molecule has 0 amide bonds. The molecule has 0 fully saturated rings. The summed E-state index contributed by atoms with van der Waals surface area (Å²) in [4.78, 5) is -0.466. The van der Waals surface area contributed by atoms with Crippen LogP contribution in [0.15, 0.2) is 23.1 Å². The van der Waals surface area contributed by atoms with E-state index in [1.807, 2.05) is 27.7 Å². The minimum absolute atomic E-state index is 0.0804. The maximum Gasteiger partial charge on any atom is 0.245 e. The molecule has 1 aromatic carbocycles. The Bertz CT molecular complexity index is 528. The Morgan fingerprint density at radius 2 is 1.75 bits per heavy atom. The van der Waals surface area contributed by atoms with E-state index in [0.29, 0.717) is 11.8 Å². The van der Waals surface area contributed by atoms with Gasteiger partial charge < -0.3 is 5.73 Å². The van der Waals surface area contributed by atoms with Crippen LogP contribution in [0.1, 0.15) is 27.7 Å². The fourth-order valence-corrected chi connectivity index (χ4v) is 3.59. The van der Waals surface area contributed by atoms with E-state index in [-0.39, 0.29) is 18.2 Å². The molecule has 1 aromatic rings. The SMILES string of the molecule is CC(C)C(CNS(=O)(=O)c1c(N)cccc1F)C(C)C. The number of sulfonamides is 1. The number of halogens is 1. The van der Waals surface area contributed by atoms with Gasteiger partial charge in [0.15, 0.2) is 0 Å². The van der Waals surface area contributed by atoms with E-state index in [0.717, 1.165) is 6.07 Å². The third-order valence-electron chi connectivity index (χ3n) is 3.49. The molecule has 0 aliphatic rings. The van der Waals surface area contributed by atoms with Gasteiger partial charge in [0.25, 0.3) is 0 Å². The molecule has 0 unspecified atom stereocenters. The van der Waals surface area contributed by atoms with Gasteiger partial charge in [-0.3, -0.25) is 0 Å². The van der Waals surface area contributed by atoms with Gasteiger partial charge in [0, 0.05) is 6.54 Å². The number of nitrogens with two attached hydrogens (primary N) is 1. The molecule has 0 radical (unpaired) electrons. The van der Waals surface area contributed by atoms with E-state index >= 15 is 0 Å². The van der Waals surface area contributed by atoms with Crippen LogP contribution >= 0.6 is 0 Å². The molecule has 20 heavy (non-hydrogen) atoms. The van der Waals surface area contributed by atoms with E-state index < -0.39 is 20.7 Å². The molecule has 0 aromatic heterocycles. The second-order valence-corrected chi connectivity index (χ2v) is 7.37. The molecular formula is C14H23FN2O2S. The van der Waals surface area contributed by atoms with Crippen molar-refractivity contribution < 1.29 is 12.8 Å². The van der Waals surface area contributed by atoms with Crippen LogP contribution in [0.2, 0.25) is 0 Å². The number of benzene rings is 1. The number of hydrogen-bond acceptors (Lipinski definition) is 3. The minimum Gasteiger partial charge on any atom is -0.398 e. The third kappa shape index (κ3) is 3.93. The highest BCUT2D eigenvalue weighted by atomic mass is 32.2. The average molecular weight is 302 g/mol. The summed E-state index contributed by atoms with van der Waals surface area (Å²) in [5.41, 5.74) is 5.49. The lowest BCUT2D eigenvalue weighted by Gasteiger charge is -2.25. The zero-order valence-corrected chi connectivity index (χ0v) is 13.2. The van der Waals surface area contributed by atoms with Crippen molar-refractivity contribution in [1.29, 1.82) is 0 Å². The summed E-state index contributed by atoms with van der Waals surface area (Å²) < 4.78 is 40.5. The first kappa shape index (κ1) is 16.9. The number of nitrogen functional groups attached to an aromatic ring is 1. The van der Waals surface area contributed by atoms with Crippen LogP contribution in [0, 0.1) is 23.6 Å². The molecule has 0 saturated carbocycles. The molecule has 114 valence electrons. The van der Waals surface area contributed by atoms with Crippen LogP contribution in [0.3, 0.4) is 0 Å². The fraction of sp³-hybridized carbons (Fsp3) is 0.571. The summed E-state index contributed by atoms with van der Waals surface area (Å²) in [5, 5.41) is 0. The molecule has 0 spiro atoms. The van der Waals surface area contributed by atoms with Gasteiger partial charge in [0.2, 0.25) is 10.0 Å². The Kier molecular flexibility index (Phi) is 5.53. The standard InChI is InChI=1S/C14H23FN2O2S/c1-9(2)11(10(3)4)8-17-20(18,19)14-12(15)6-5-7-13(14)16/h5-7,9-11,17H,8,16H2,1-4H3. The van der Waals surface area contributed by atoms with E-state index in [1.165, 1.54) is 12.1 Å². The predicted molar refractivity (Wildman–Crippen MR) is 79.2 cm³/mol. The second-order valence-electron chi connectivity index (χ2n) is 5.66. The fourth-order valence-electron chi connectivity index (χ4n) is 2.33. The van der Waals surface area contributed by atoms with Crippen LogP contribution in [0.25, 0.3) is 0 Å². The first-order valence-corrected chi connectivity index (χ1v) is 8.18. The monoisotopic (exact) mass is 302 g/mol. The van der Waals surface area contributed by atoms with Gasteiger partial charge in [-0.2, -0.15) is 0 Å². The predicted octanol–water partition coefficient (Wildman–Crippen LogP) is 2.61. The van der Waals surface area contributed by atoms with Crippen molar-refractivity contribution in [3.8, 4) is 0 Å². The normalized spacial score (nSPS) is 12.6. The van der Waals surface area contributed by atoms with Crippen LogP contribution in [0.4, 0.5) is 10.1 Å². The Morgan fingerprint density at radius 3 is 2.20 bits per heavy atom. The highest BCUT2D eigenvalue weighted by molar-refractivity contribution is 7.89. The summed E-state index contributed by atoms with van der Waals surface area (Å²) >= 11 is 0. The number of hydrogen-bond donors (Lipinski definition) is 2. The van der Waals surface area contributed by atoms with E-state index in [4.69, 9.17) is 5.73 Å². The molecule has 0 aliphatic heterocycles. The zero-order chi connectivity index (χ0) is 15.5. The molecule has 0 saturated heterocycles. The molecule has 6 heteroatoms. The van der Waals surface area contributed by atoms with Gasteiger partial charge in [-0.25, -0.2) is 17.5 Å². The minimum atomic E-state index is -3.93. The lowest BCUT2D eigenvalue weighted by molar-refractivity contribution is 0.289. The third-order valence-corrected chi connectivity index (χ3v) is 5.00. The summed E-state index contributed by atoms with van der Waals surface area (Å²) in [7, 11) is -3.93. The van der Waals surface area contributed by atoms with Crippen molar-refractivity contribution in [2.24, 2.45) is 17.8 Å². The van der Waals surface area contributed by atoms with Gasteiger partial charge in [-0.1, -0.05) is 33.8 Å². The van der Waals surface area contributed by atoms with Crippen molar-refractivity contribution in [3.05, 3.63) is 24.0 Å². The molecule has 0 bridgehead atoms. The number of anilines is 1. The second kappa shape index (κ2) is 6.54. The van der Waals surface area contributed by atoms with Gasteiger partial charge in [0.1, 0.15) is 10.7 Å². The molecule has 0 aliphatic carbocycles. The van der Waals surface area contributed by atoms with E-state index in [9.17, 15) is 12.8 Å². The van der Waals surface area contributed by atoms with Crippen molar-refractivity contribution in [2.45, 2.75) is 32.6 Å². The van der Waals surface area contributed by atoms with Crippen LogP contribution in [0.5, 0.6) is 0 Å². The van der Waals surface area contributed by atoms with Gasteiger partial charge in [-0.05, 0) is 29.9 Å². The topological polar surface area (TPSA) is 72.2 Å². The average Bonchev–Trinajstić information content (AvgIpc) is 2.26. The molecule has 1 rings (SSSR count). The largest absolute Gasteiger partial charge is 0.398 e. The summed E-state index contributed by atoms with van der Waals surface area (Å²) in [6, 6.07) is 3.85. The summed E-state index contributed by atoms with van der Waals surface area (Å²) in [6.45, 7) is 8.42. The van der Waals surface area contributed by atoms with Gasteiger partial charge in [-0.15, -0.1) is 0 Å². The Hall–Kier alpha value is -1.14. The maximum absolute atomic E-state index is 13.7. The van der Waals surface area contributed by atoms with Crippen molar-refractivity contribution >= 4 is 15.7 Å².